The normalized spacial score (nSPS) is 10.8. The van der Waals surface area contributed by atoms with E-state index in [1.54, 1.807) is 0 Å². The minimum Gasteiger partial charge on any atom is -0.0622 e. The Morgan fingerprint density at radius 2 is 0.933 bits per heavy atom. The Bertz CT molecular complexity index is 1000. The van der Waals surface area contributed by atoms with Gasteiger partial charge in [0.1, 0.15) is 0 Å². The molecule has 0 spiro atoms. The lowest BCUT2D eigenvalue weighted by atomic mass is 9.94. The molecule has 30 heavy (non-hydrogen) atoms. The van der Waals surface area contributed by atoms with Crippen molar-refractivity contribution in [2.75, 3.05) is 0 Å². The van der Waals surface area contributed by atoms with Gasteiger partial charge < -0.3 is 0 Å². The van der Waals surface area contributed by atoms with Crippen molar-refractivity contribution in [3.05, 3.63) is 142 Å². The van der Waals surface area contributed by atoms with Gasteiger partial charge in [0.25, 0.3) is 0 Å². The molecule has 0 heteroatoms. The summed E-state index contributed by atoms with van der Waals surface area (Å²) >= 11 is 0. The molecule has 0 unspecified atom stereocenters. The minimum atomic E-state index is 0.994. The van der Waals surface area contributed by atoms with Crippen molar-refractivity contribution in [1.29, 1.82) is 0 Å². The molecule has 0 aliphatic heterocycles. The molecule has 0 aliphatic carbocycles. The molecule has 0 N–H and O–H groups in total. The van der Waals surface area contributed by atoms with Gasteiger partial charge in [0.15, 0.2) is 0 Å². The summed E-state index contributed by atoms with van der Waals surface area (Å²) in [6.07, 6.45) is 5.43. The SMILES string of the molecule is Cc1cccc(CCCc2cc(Cc3ccccc3)cc(Cc3ccccc3)c2)c1. The van der Waals surface area contributed by atoms with Crippen LogP contribution in [0.3, 0.4) is 0 Å². The third-order valence-electron chi connectivity index (χ3n) is 5.63. The Balaban J connectivity index is 1.51. The van der Waals surface area contributed by atoms with Crippen LogP contribution < -0.4 is 0 Å². The van der Waals surface area contributed by atoms with Crippen LogP contribution in [0.2, 0.25) is 0 Å². The van der Waals surface area contributed by atoms with Crippen molar-refractivity contribution < 1.29 is 0 Å². The first-order valence-corrected chi connectivity index (χ1v) is 11.0. The van der Waals surface area contributed by atoms with Gasteiger partial charge in [-0.25, -0.2) is 0 Å². The maximum atomic E-state index is 2.41. The lowest BCUT2D eigenvalue weighted by Gasteiger charge is -2.11. The summed E-state index contributed by atoms with van der Waals surface area (Å²) in [5, 5.41) is 0. The van der Waals surface area contributed by atoms with Gasteiger partial charge in [-0.2, -0.15) is 0 Å². The van der Waals surface area contributed by atoms with Crippen LogP contribution in [0.25, 0.3) is 0 Å². The largest absolute Gasteiger partial charge is 0.0622 e. The zero-order chi connectivity index (χ0) is 20.6. The van der Waals surface area contributed by atoms with Crippen molar-refractivity contribution in [2.24, 2.45) is 0 Å². The summed E-state index contributed by atoms with van der Waals surface area (Å²) in [6, 6.07) is 37.7. The summed E-state index contributed by atoms with van der Waals surface area (Å²) in [5.74, 6) is 0. The van der Waals surface area contributed by atoms with Crippen LogP contribution in [-0.2, 0) is 25.7 Å². The first-order chi connectivity index (χ1) is 14.7. The fourth-order valence-electron chi connectivity index (χ4n) is 4.22. The van der Waals surface area contributed by atoms with Crippen LogP contribution in [0.1, 0.15) is 45.4 Å². The second-order valence-corrected chi connectivity index (χ2v) is 8.33. The molecule has 0 saturated carbocycles. The van der Waals surface area contributed by atoms with Gasteiger partial charge in [-0.3, -0.25) is 0 Å². The molecule has 4 aromatic rings. The van der Waals surface area contributed by atoms with Crippen LogP contribution in [0.15, 0.2) is 103 Å². The van der Waals surface area contributed by atoms with E-state index in [9.17, 15) is 0 Å². The highest BCUT2D eigenvalue weighted by Crippen LogP contribution is 2.19. The van der Waals surface area contributed by atoms with Crippen LogP contribution in [0.5, 0.6) is 0 Å². The van der Waals surface area contributed by atoms with E-state index in [4.69, 9.17) is 0 Å². The van der Waals surface area contributed by atoms with E-state index in [0.29, 0.717) is 0 Å². The lowest BCUT2D eigenvalue weighted by Crippen LogP contribution is -1.98. The van der Waals surface area contributed by atoms with Gasteiger partial charge in [0, 0.05) is 0 Å². The second kappa shape index (κ2) is 10.1. The first-order valence-electron chi connectivity index (χ1n) is 11.0. The monoisotopic (exact) mass is 390 g/mol. The Morgan fingerprint density at radius 3 is 1.50 bits per heavy atom. The molecule has 4 aromatic carbocycles. The van der Waals surface area contributed by atoms with E-state index >= 15 is 0 Å². The molecule has 0 heterocycles. The highest BCUT2D eigenvalue weighted by Gasteiger charge is 2.05. The quantitative estimate of drug-likeness (QED) is 0.295. The van der Waals surface area contributed by atoms with Gasteiger partial charge in [-0.05, 0) is 72.4 Å². The average molecular weight is 391 g/mol. The number of aryl methyl sites for hydroxylation is 3. The van der Waals surface area contributed by atoms with Crippen molar-refractivity contribution in [1.82, 2.24) is 0 Å². The number of hydrogen-bond acceptors (Lipinski definition) is 0. The number of hydrogen-bond donors (Lipinski definition) is 0. The van der Waals surface area contributed by atoms with E-state index in [2.05, 4.69) is 110 Å². The summed E-state index contributed by atoms with van der Waals surface area (Å²) in [5.41, 5.74) is 9.84. The summed E-state index contributed by atoms with van der Waals surface area (Å²) in [6.45, 7) is 2.17. The van der Waals surface area contributed by atoms with Gasteiger partial charge in [-0.1, -0.05) is 109 Å². The molecule has 0 fully saturated rings. The Morgan fingerprint density at radius 1 is 0.433 bits per heavy atom. The molecule has 0 saturated heterocycles. The van der Waals surface area contributed by atoms with Gasteiger partial charge >= 0.3 is 0 Å². The maximum Gasteiger partial charge on any atom is -0.00256 e. The van der Waals surface area contributed by atoms with Crippen LogP contribution in [-0.4, -0.2) is 0 Å². The second-order valence-electron chi connectivity index (χ2n) is 8.33. The fraction of sp³-hybridized carbons (Fsp3) is 0.200. The third kappa shape index (κ3) is 5.94. The number of benzene rings is 4. The molecule has 0 atom stereocenters. The molecule has 0 aromatic heterocycles. The minimum absolute atomic E-state index is 0.994. The standard InChI is InChI=1S/C30H30/c1-24-10-8-15-25(18-24)16-9-17-28-21-29(19-26-11-4-2-5-12-26)23-30(22-28)20-27-13-6-3-7-14-27/h2-8,10-15,18,21-23H,9,16-17,19-20H2,1H3. The fourth-order valence-corrected chi connectivity index (χ4v) is 4.22. The molecular formula is C30H30. The molecule has 150 valence electrons. The Labute approximate surface area is 181 Å². The van der Waals surface area contributed by atoms with Gasteiger partial charge in [0.2, 0.25) is 0 Å². The smallest absolute Gasteiger partial charge is 0.00256 e. The Kier molecular flexibility index (Phi) is 6.77. The number of rotatable bonds is 8. The zero-order valence-corrected chi connectivity index (χ0v) is 17.9. The highest BCUT2D eigenvalue weighted by molar-refractivity contribution is 5.37. The molecule has 0 nitrogen and oxygen atoms in total. The van der Waals surface area contributed by atoms with Crippen molar-refractivity contribution >= 4 is 0 Å². The van der Waals surface area contributed by atoms with E-state index in [1.165, 1.54) is 45.4 Å². The van der Waals surface area contributed by atoms with Crippen LogP contribution in [0, 0.1) is 6.92 Å². The summed E-state index contributed by atoms with van der Waals surface area (Å²) in [4.78, 5) is 0. The molecule has 0 radical (unpaired) electrons. The van der Waals surface area contributed by atoms with E-state index in [0.717, 1.165) is 25.7 Å². The predicted octanol–water partition coefficient (Wildman–Crippen LogP) is 7.35. The maximum absolute atomic E-state index is 2.41. The average Bonchev–Trinajstić information content (AvgIpc) is 2.75. The van der Waals surface area contributed by atoms with Crippen molar-refractivity contribution in [3.8, 4) is 0 Å². The lowest BCUT2D eigenvalue weighted by molar-refractivity contribution is 0.817. The first kappa shape index (κ1) is 20.2. The van der Waals surface area contributed by atoms with Crippen LogP contribution in [0.4, 0.5) is 0 Å². The summed E-state index contributed by atoms with van der Waals surface area (Å²) < 4.78 is 0. The molecule has 0 bridgehead atoms. The summed E-state index contributed by atoms with van der Waals surface area (Å²) in [7, 11) is 0. The van der Waals surface area contributed by atoms with Crippen molar-refractivity contribution in [2.45, 2.75) is 39.0 Å². The Hall–Kier alpha value is -3.12. The predicted molar refractivity (Wildman–Crippen MR) is 128 cm³/mol. The molecule has 4 rings (SSSR count). The van der Waals surface area contributed by atoms with Gasteiger partial charge in [0.05, 0.1) is 0 Å². The zero-order valence-electron chi connectivity index (χ0n) is 17.9. The van der Waals surface area contributed by atoms with E-state index in [1.807, 2.05) is 0 Å². The molecular weight excluding hydrogens is 360 g/mol. The topological polar surface area (TPSA) is 0 Å². The van der Waals surface area contributed by atoms with Crippen molar-refractivity contribution in [3.63, 3.8) is 0 Å². The molecule has 0 aliphatic rings. The van der Waals surface area contributed by atoms with E-state index < -0.39 is 0 Å². The van der Waals surface area contributed by atoms with Crippen LogP contribution >= 0.6 is 0 Å². The third-order valence-corrected chi connectivity index (χ3v) is 5.63. The van der Waals surface area contributed by atoms with Gasteiger partial charge in [-0.15, -0.1) is 0 Å². The molecule has 0 amide bonds. The van der Waals surface area contributed by atoms with E-state index in [-0.39, 0.29) is 0 Å². The highest BCUT2D eigenvalue weighted by atomic mass is 14.1.